The molecule has 20 heavy (non-hydrogen) atoms. The van der Waals surface area contributed by atoms with Gasteiger partial charge in [0.25, 0.3) is 0 Å². The molecule has 0 saturated heterocycles. The molecule has 1 aromatic rings. The van der Waals surface area contributed by atoms with E-state index in [0.29, 0.717) is 27.9 Å². The average molecular weight is 338 g/mol. The second kappa shape index (κ2) is 6.62. The normalized spacial score (nSPS) is 17.1. The van der Waals surface area contributed by atoms with Crippen molar-refractivity contribution in [3.63, 3.8) is 0 Å². The molecule has 2 N–H and O–H groups in total. The Balaban J connectivity index is 1.92. The largest absolute Gasteiger partial charge is 0.387 e. The summed E-state index contributed by atoms with van der Waals surface area (Å²) in [6.07, 6.45) is 1.85. The van der Waals surface area contributed by atoms with Crippen molar-refractivity contribution in [3.05, 3.63) is 33.8 Å². The highest BCUT2D eigenvalue weighted by Gasteiger charge is 2.24. The Morgan fingerprint density at radius 3 is 2.45 bits per heavy atom. The van der Waals surface area contributed by atoms with E-state index in [1.165, 1.54) is 0 Å². The fraction of sp³-hybridized carbons (Fsp3) is 0.538. The molecule has 0 amide bonds. The van der Waals surface area contributed by atoms with E-state index in [2.05, 4.69) is 4.72 Å². The van der Waals surface area contributed by atoms with Crippen molar-refractivity contribution in [1.29, 1.82) is 0 Å². The lowest BCUT2D eigenvalue weighted by molar-refractivity contribution is 0.182. The molecule has 0 aromatic heterocycles. The molecule has 1 saturated carbocycles. The Bertz CT molecular complexity index is 553. The molecule has 1 unspecified atom stereocenters. The molecule has 1 aromatic carbocycles. The standard InChI is InChI=1S/C13H17Cl2NO3S/c14-10-2-1-3-11(15)13(10)12(17)8-16-20(18,19)7-6-9-4-5-9/h1-3,9,12,16-17H,4-8H2. The fourth-order valence-electron chi connectivity index (χ4n) is 1.94. The van der Waals surface area contributed by atoms with E-state index in [1.807, 2.05) is 0 Å². The van der Waals surface area contributed by atoms with E-state index in [9.17, 15) is 13.5 Å². The van der Waals surface area contributed by atoms with Gasteiger partial charge in [0.05, 0.1) is 11.9 Å². The van der Waals surface area contributed by atoms with Gasteiger partial charge >= 0.3 is 0 Å². The first-order chi connectivity index (χ1) is 9.39. The molecule has 1 aliphatic carbocycles. The van der Waals surface area contributed by atoms with E-state index in [-0.39, 0.29) is 12.3 Å². The number of aliphatic hydroxyl groups excluding tert-OH is 1. The van der Waals surface area contributed by atoms with Crippen molar-refractivity contribution in [1.82, 2.24) is 4.72 Å². The molecule has 4 nitrogen and oxygen atoms in total. The van der Waals surface area contributed by atoms with Gasteiger partial charge in [0.1, 0.15) is 0 Å². The van der Waals surface area contributed by atoms with Gasteiger partial charge in [-0.05, 0) is 24.5 Å². The zero-order valence-corrected chi connectivity index (χ0v) is 13.2. The highest BCUT2D eigenvalue weighted by atomic mass is 35.5. The van der Waals surface area contributed by atoms with Crippen LogP contribution in [0.4, 0.5) is 0 Å². The monoisotopic (exact) mass is 337 g/mol. The molecule has 7 heteroatoms. The molecule has 1 atom stereocenters. The minimum absolute atomic E-state index is 0.0979. The van der Waals surface area contributed by atoms with Crippen LogP contribution in [0.25, 0.3) is 0 Å². The van der Waals surface area contributed by atoms with Crippen LogP contribution in [-0.4, -0.2) is 25.8 Å². The van der Waals surface area contributed by atoms with Gasteiger partial charge in [-0.1, -0.05) is 42.1 Å². The smallest absolute Gasteiger partial charge is 0.211 e. The first-order valence-corrected chi connectivity index (χ1v) is 8.89. The van der Waals surface area contributed by atoms with E-state index >= 15 is 0 Å². The molecule has 0 heterocycles. The summed E-state index contributed by atoms with van der Waals surface area (Å²) in [6.45, 7) is -0.129. The van der Waals surface area contributed by atoms with Gasteiger partial charge in [0.2, 0.25) is 10.0 Å². The number of rotatable bonds is 7. The second-order valence-corrected chi connectivity index (χ2v) is 7.79. The number of hydrogen-bond acceptors (Lipinski definition) is 3. The van der Waals surface area contributed by atoms with E-state index in [4.69, 9.17) is 23.2 Å². The van der Waals surface area contributed by atoms with Crippen LogP contribution < -0.4 is 4.72 Å². The van der Waals surface area contributed by atoms with Crippen LogP contribution in [0, 0.1) is 5.92 Å². The van der Waals surface area contributed by atoms with Crippen molar-refractivity contribution < 1.29 is 13.5 Å². The zero-order chi connectivity index (χ0) is 14.8. The highest BCUT2D eigenvalue weighted by molar-refractivity contribution is 7.89. The number of hydrogen-bond donors (Lipinski definition) is 2. The molecule has 0 aliphatic heterocycles. The lowest BCUT2D eigenvalue weighted by Gasteiger charge is -2.15. The summed E-state index contributed by atoms with van der Waals surface area (Å²) < 4.78 is 26.0. The molecule has 0 radical (unpaired) electrons. The maximum atomic E-state index is 11.8. The summed E-state index contributed by atoms with van der Waals surface area (Å²) in [5.41, 5.74) is 0.348. The third-order valence-electron chi connectivity index (χ3n) is 3.32. The van der Waals surface area contributed by atoms with Crippen LogP contribution in [0.1, 0.15) is 30.9 Å². The Morgan fingerprint density at radius 1 is 1.30 bits per heavy atom. The fourth-order valence-corrected chi connectivity index (χ4v) is 3.79. The number of halogens is 2. The molecule has 112 valence electrons. The molecule has 2 rings (SSSR count). The van der Waals surface area contributed by atoms with E-state index in [0.717, 1.165) is 12.8 Å². The molecule has 0 spiro atoms. The predicted octanol–water partition coefficient (Wildman–Crippen LogP) is 2.75. The molecular formula is C13H17Cl2NO3S. The minimum atomic E-state index is -3.36. The second-order valence-electron chi connectivity index (χ2n) is 5.05. The van der Waals surface area contributed by atoms with E-state index < -0.39 is 16.1 Å². The summed E-state index contributed by atoms with van der Waals surface area (Å²) in [7, 11) is -3.36. The third-order valence-corrected chi connectivity index (χ3v) is 5.36. The van der Waals surface area contributed by atoms with Gasteiger partial charge in [0, 0.05) is 22.2 Å². The summed E-state index contributed by atoms with van der Waals surface area (Å²) >= 11 is 11.9. The van der Waals surface area contributed by atoms with Crippen LogP contribution in [0.2, 0.25) is 10.0 Å². The van der Waals surface area contributed by atoms with Gasteiger partial charge in [-0.25, -0.2) is 13.1 Å². The van der Waals surface area contributed by atoms with Crippen molar-refractivity contribution in [2.45, 2.75) is 25.4 Å². The SMILES string of the molecule is O=S(=O)(CCC1CC1)NCC(O)c1c(Cl)cccc1Cl. The van der Waals surface area contributed by atoms with Crippen LogP contribution in [0.15, 0.2) is 18.2 Å². The predicted molar refractivity (Wildman–Crippen MR) is 80.6 cm³/mol. The summed E-state index contributed by atoms with van der Waals surface area (Å²) in [5.74, 6) is 0.648. The summed E-state index contributed by atoms with van der Waals surface area (Å²) in [5, 5.41) is 10.7. The lowest BCUT2D eigenvalue weighted by Crippen LogP contribution is -2.30. The molecule has 1 fully saturated rings. The lowest BCUT2D eigenvalue weighted by atomic mass is 10.1. The Hall–Kier alpha value is -0.330. The Kier molecular flexibility index (Phi) is 5.31. The maximum absolute atomic E-state index is 11.8. The number of benzene rings is 1. The van der Waals surface area contributed by atoms with Crippen molar-refractivity contribution in [2.24, 2.45) is 5.92 Å². The summed E-state index contributed by atoms with van der Waals surface area (Å²) in [4.78, 5) is 0. The topological polar surface area (TPSA) is 66.4 Å². The quantitative estimate of drug-likeness (QED) is 0.803. The highest BCUT2D eigenvalue weighted by Crippen LogP contribution is 2.33. The van der Waals surface area contributed by atoms with E-state index in [1.54, 1.807) is 18.2 Å². The Morgan fingerprint density at radius 2 is 1.90 bits per heavy atom. The van der Waals surface area contributed by atoms with Crippen LogP contribution >= 0.6 is 23.2 Å². The minimum Gasteiger partial charge on any atom is -0.387 e. The van der Waals surface area contributed by atoms with Gasteiger partial charge in [0.15, 0.2) is 0 Å². The number of aliphatic hydroxyl groups is 1. The van der Waals surface area contributed by atoms with Gasteiger partial charge < -0.3 is 5.11 Å². The van der Waals surface area contributed by atoms with Crippen LogP contribution in [0.5, 0.6) is 0 Å². The van der Waals surface area contributed by atoms with Crippen LogP contribution in [0.3, 0.4) is 0 Å². The molecule has 1 aliphatic rings. The van der Waals surface area contributed by atoms with Crippen molar-refractivity contribution >= 4 is 33.2 Å². The van der Waals surface area contributed by atoms with Crippen LogP contribution in [-0.2, 0) is 10.0 Å². The first-order valence-electron chi connectivity index (χ1n) is 6.48. The van der Waals surface area contributed by atoms with Crippen molar-refractivity contribution in [2.75, 3.05) is 12.3 Å². The average Bonchev–Trinajstić information content (AvgIpc) is 3.18. The van der Waals surface area contributed by atoms with Crippen molar-refractivity contribution in [3.8, 4) is 0 Å². The maximum Gasteiger partial charge on any atom is 0.211 e. The van der Waals surface area contributed by atoms with Gasteiger partial charge in [-0.2, -0.15) is 0 Å². The molecular weight excluding hydrogens is 321 g/mol. The number of nitrogens with one attached hydrogen (secondary N) is 1. The van der Waals surface area contributed by atoms with Gasteiger partial charge in [-0.3, -0.25) is 0 Å². The Labute approximate surface area is 129 Å². The first kappa shape index (κ1) is 16.0. The van der Waals surface area contributed by atoms with Gasteiger partial charge in [-0.15, -0.1) is 0 Å². The third kappa shape index (κ3) is 4.60. The summed E-state index contributed by atoms with van der Waals surface area (Å²) in [6, 6.07) is 4.88. The number of sulfonamides is 1. The molecule has 0 bridgehead atoms. The zero-order valence-electron chi connectivity index (χ0n) is 10.9.